The summed E-state index contributed by atoms with van der Waals surface area (Å²) in [6.07, 6.45) is 0.766. The molecule has 1 aromatic heterocycles. The first kappa shape index (κ1) is 8.53. The van der Waals surface area contributed by atoms with Gasteiger partial charge in [0, 0.05) is 16.3 Å². The van der Waals surface area contributed by atoms with E-state index in [9.17, 15) is 4.79 Å². The standard InChI is InChI=1S/C9H6ClNOS/c10-7-2-5(3-12)1-6-8(11)4-13-9(6)7/h1-4H,11H2. The Morgan fingerprint density at radius 3 is 2.92 bits per heavy atom. The van der Waals surface area contributed by atoms with Crippen LogP contribution in [-0.2, 0) is 0 Å². The molecular formula is C9H6ClNOS. The van der Waals surface area contributed by atoms with Crippen LogP contribution in [0, 0.1) is 0 Å². The summed E-state index contributed by atoms with van der Waals surface area (Å²) >= 11 is 7.44. The Morgan fingerprint density at radius 2 is 2.23 bits per heavy atom. The number of thiophene rings is 1. The van der Waals surface area contributed by atoms with Crippen molar-refractivity contribution in [2.45, 2.75) is 0 Å². The minimum atomic E-state index is 0.558. The molecule has 0 fully saturated rings. The summed E-state index contributed by atoms with van der Waals surface area (Å²) in [5.74, 6) is 0. The molecular weight excluding hydrogens is 206 g/mol. The van der Waals surface area contributed by atoms with E-state index < -0.39 is 0 Å². The van der Waals surface area contributed by atoms with Crippen LogP contribution < -0.4 is 5.73 Å². The average molecular weight is 212 g/mol. The van der Waals surface area contributed by atoms with Crippen LogP contribution in [0.25, 0.3) is 10.1 Å². The van der Waals surface area contributed by atoms with Gasteiger partial charge in [-0.2, -0.15) is 0 Å². The number of fused-ring (bicyclic) bond motifs is 1. The van der Waals surface area contributed by atoms with Crippen molar-refractivity contribution in [2.75, 3.05) is 5.73 Å². The van der Waals surface area contributed by atoms with Crippen LogP contribution in [0.3, 0.4) is 0 Å². The van der Waals surface area contributed by atoms with E-state index in [1.54, 1.807) is 12.1 Å². The van der Waals surface area contributed by atoms with Crippen molar-refractivity contribution in [3.63, 3.8) is 0 Å². The lowest BCUT2D eigenvalue weighted by molar-refractivity contribution is 0.112. The zero-order chi connectivity index (χ0) is 9.42. The Bertz CT molecular complexity index is 478. The summed E-state index contributed by atoms with van der Waals surface area (Å²) < 4.78 is 0.935. The highest BCUT2D eigenvalue weighted by Crippen LogP contribution is 2.34. The summed E-state index contributed by atoms with van der Waals surface area (Å²) in [6.45, 7) is 0. The lowest BCUT2D eigenvalue weighted by atomic mass is 10.2. The molecule has 0 amide bonds. The SMILES string of the molecule is Nc1csc2c(Cl)cc(C=O)cc12. The van der Waals surface area contributed by atoms with Gasteiger partial charge in [0.05, 0.1) is 15.4 Å². The normalized spacial score (nSPS) is 10.5. The minimum absolute atomic E-state index is 0.558. The Balaban J connectivity index is 2.87. The van der Waals surface area contributed by atoms with E-state index >= 15 is 0 Å². The lowest BCUT2D eigenvalue weighted by Crippen LogP contribution is -1.83. The lowest BCUT2D eigenvalue weighted by Gasteiger charge is -1.96. The highest BCUT2D eigenvalue weighted by Gasteiger charge is 2.06. The van der Waals surface area contributed by atoms with Gasteiger partial charge in [0.15, 0.2) is 0 Å². The molecule has 2 nitrogen and oxygen atoms in total. The Morgan fingerprint density at radius 1 is 1.46 bits per heavy atom. The summed E-state index contributed by atoms with van der Waals surface area (Å²) in [4.78, 5) is 10.5. The maximum absolute atomic E-state index is 10.5. The Labute approximate surface area is 83.9 Å². The summed E-state index contributed by atoms with van der Waals surface area (Å²) in [5.41, 5.74) is 6.93. The maximum atomic E-state index is 10.5. The number of carbonyl (C=O) groups excluding carboxylic acids is 1. The van der Waals surface area contributed by atoms with Crippen molar-refractivity contribution < 1.29 is 4.79 Å². The highest BCUT2D eigenvalue weighted by atomic mass is 35.5. The molecule has 0 spiro atoms. The fourth-order valence-corrected chi connectivity index (χ4v) is 2.41. The second kappa shape index (κ2) is 3.01. The van der Waals surface area contributed by atoms with E-state index in [-0.39, 0.29) is 0 Å². The van der Waals surface area contributed by atoms with Gasteiger partial charge in [-0.05, 0) is 12.1 Å². The summed E-state index contributed by atoms with van der Waals surface area (Å²) in [7, 11) is 0. The number of nitrogens with two attached hydrogens (primary N) is 1. The molecule has 13 heavy (non-hydrogen) atoms. The quantitative estimate of drug-likeness (QED) is 0.737. The molecule has 2 aromatic rings. The molecule has 0 aliphatic rings. The fraction of sp³-hybridized carbons (Fsp3) is 0. The van der Waals surface area contributed by atoms with Crippen molar-refractivity contribution in [1.29, 1.82) is 0 Å². The molecule has 2 N–H and O–H groups in total. The van der Waals surface area contributed by atoms with E-state index in [0.717, 1.165) is 16.4 Å². The van der Waals surface area contributed by atoms with Gasteiger partial charge in [-0.25, -0.2) is 0 Å². The molecule has 2 rings (SSSR count). The molecule has 4 heteroatoms. The van der Waals surface area contributed by atoms with Crippen molar-refractivity contribution in [3.8, 4) is 0 Å². The second-order valence-electron chi connectivity index (χ2n) is 2.69. The topological polar surface area (TPSA) is 43.1 Å². The van der Waals surface area contributed by atoms with E-state index in [1.807, 2.05) is 5.38 Å². The molecule has 0 atom stereocenters. The predicted octanol–water partition coefficient (Wildman–Crippen LogP) is 2.95. The number of hydrogen-bond acceptors (Lipinski definition) is 3. The number of anilines is 1. The number of halogens is 1. The van der Waals surface area contributed by atoms with Crippen molar-refractivity contribution >= 4 is 45.0 Å². The first-order chi connectivity index (χ1) is 6.22. The van der Waals surface area contributed by atoms with Gasteiger partial charge in [0.1, 0.15) is 6.29 Å². The zero-order valence-electron chi connectivity index (χ0n) is 6.58. The first-order valence-electron chi connectivity index (χ1n) is 3.64. The van der Waals surface area contributed by atoms with E-state index in [4.69, 9.17) is 17.3 Å². The Kier molecular flexibility index (Phi) is 1.98. The number of carbonyl (C=O) groups is 1. The van der Waals surface area contributed by atoms with Gasteiger partial charge >= 0.3 is 0 Å². The molecule has 0 saturated carbocycles. The predicted molar refractivity (Wildman–Crippen MR) is 56.6 cm³/mol. The van der Waals surface area contributed by atoms with Crippen molar-refractivity contribution in [2.24, 2.45) is 0 Å². The van der Waals surface area contributed by atoms with Crippen LogP contribution in [0.1, 0.15) is 10.4 Å². The average Bonchev–Trinajstić information content (AvgIpc) is 2.48. The minimum Gasteiger partial charge on any atom is -0.398 e. The number of rotatable bonds is 1. The monoisotopic (exact) mass is 211 g/mol. The molecule has 1 heterocycles. The van der Waals surface area contributed by atoms with Gasteiger partial charge in [0.25, 0.3) is 0 Å². The fourth-order valence-electron chi connectivity index (χ4n) is 1.20. The number of nitrogen functional groups attached to an aromatic ring is 1. The number of hydrogen-bond donors (Lipinski definition) is 1. The third-order valence-corrected chi connectivity index (χ3v) is 3.27. The molecule has 0 aliphatic heterocycles. The van der Waals surface area contributed by atoms with E-state index in [2.05, 4.69) is 0 Å². The van der Waals surface area contributed by atoms with Crippen molar-refractivity contribution in [1.82, 2.24) is 0 Å². The number of aldehydes is 1. The molecule has 0 aliphatic carbocycles. The van der Waals surface area contributed by atoms with Crippen molar-refractivity contribution in [3.05, 3.63) is 28.1 Å². The molecule has 0 radical (unpaired) electrons. The van der Waals surface area contributed by atoms with Crippen LogP contribution in [0.5, 0.6) is 0 Å². The largest absolute Gasteiger partial charge is 0.398 e. The van der Waals surface area contributed by atoms with E-state index in [1.165, 1.54) is 11.3 Å². The summed E-state index contributed by atoms with van der Waals surface area (Å²) in [6, 6.07) is 3.40. The highest BCUT2D eigenvalue weighted by molar-refractivity contribution is 7.18. The molecule has 0 bridgehead atoms. The maximum Gasteiger partial charge on any atom is 0.150 e. The van der Waals surface area contributed by atoms with Gasteiger partial charge in [-0.15, -0.1) is 11.3 Å². The smallest absolute Gasteiger partial charge is 0.150 e. The zero-order valence-corrected chi connectivity index (χ0v) is 8.15. The number of benzene rings is 1. The molecule has 66 valence electrons. The second-order valence-corrected chi connectivity index (χ2v) is 3.98. The molecule has 0 saturated heterocycles. The van der Waals surface area contributed by atoms with Gasteiger partial charge in [-0.1, -0.05) is 11.6 Å². The molecule has 0 unspecified atom stereocenters. The van der Waals surface area contributed by atoms with Crippen LogP contribution in [-0.4, -0.2) is 6.29 Å². The summed E-state index contributed by atoms with van der Waals surface area (Å²) in [5, 5.41) is 3.27. The molecule has 1 aromatic carbocycles. The van der Waals surface area contributed by atoms with Crippen LogP contribution in [0.2, 0.25) is 5.02 Å². The first-order valence-corrected chi connectivity index (χ1v) is 4.89. The van der Waals surface area contributed by atoms with E-state index in [0.29, 0.717) is 16.3 Å². The van der Waals surface area contributed by atoms with Gasteiger partial charge < -0.3 is 5.73 Å². The van der Waals surface area contributed by atoms with Gasteiger partial charge in [-0.3, -0.25) is 4.79 Å². The van der Waals surface area contributed by atoms with Crippen LogP contribution >= 0.6 is 22.9 Å². The van der Waals surface area contributed by atoms with Crippen LogP contribution in [0.15, 0.2) is 17.5 Å². The van der Waals surface area contributed by atoms with Crippen LogP contribution in [0.4, 0.5) is 5.69 Å². The third kappa shape index (κ3) is 1.30. The third-order valence-electron chi connectivity index (χ3n) is 1.82. The van der Waals surface area contributed by atoms with Gasteiger partial charge in [0.2, 0.25) is 0 Å². The Hall–Kier alpha value is -1.06.